The van der Waals surface area contributed by atoms with Crippen LogP contribution in [0.4, 0.5) is 11.6 Å². The van der Waals surface area contributed by atoms with Crippen LogP contribution in [0.5, 0.6) is 0 Å². The normalized spacial score (nSPS) is 26.4. The average molecular weight is 302 g/mol. The van der Waals surface area contributed by atoms with Crippen LogP contribution >= 0.6 is 0 Å². The number of aromatic nitrogens is 2. The molecule has 0 aromatic carbocycles. The van der Waals surface area contributed by atoms with Gasteiger partial charge in [-0.2, -0.15) is 4.98 Å². The number of rotatable bonds is 2. The summed E-state index contributed by atoms with van der Waals surface area (Å²) in [6.45, 7) is -0.236. The van der Waals surface area contributed by atoms with Gasteiger partial charge in [0.05, 0.1) is 24.4 Å². The van der Waals surface area contributed by atoms with Crippen molar-refractivity contribution in [1.29, 1.82) is 0 Å². The molecule has 1 saturated heterocycles. The highest BCUT2D eigenvalue weighted by Crippen LogP contribution is 2.39. The van der Waals surface area contributed by atoms with Gasteiger partial charge in [0, 0.05) is 24.1 Å². The molecule has 4 heterocycles. The number of nitrogens with one attached hydrogen (secondary N) is 1. The first-order valence-electron chi connectivity index (χ1n) is 6.97. The van der Waals surface area contributed by atoms with Crippen LogP contribution in [-0.2, 0) is 4.74 Å². The summed E-state index contributed by atoms with van der Waals surface area (Å²) < 4.78 is 7.48. The van der Waals surface area contributed by atoms with Gasteiger partial charge in [0.2, 0.25) is 0 Å². The Hall–Kier alpha value is -2.29. The second-order valence-electron chi connectivity index (χ2n) is 5.34. The molecule has 22 heavy (non-hydrogen) atoms. The van der Waals surface area contributed by atoms with Crippen molar-refractivity contribution in [2.24, 2.45) is 4.99 Å². The number of aliphatic imine (C=N–C) groups is 1. The summed E-state index contributed by atoms with van der Waals surface area (Å²) in [5, 5.41) is 23.5. The van der Waals surface area contributed by atoms with Gasteiger partial charge >= 0.3 is 0 Å². The van der Waals surface area contributed by atoms with Crippen LogP contribution in [0, 0.1) is 0 Å². The molecular formula is C14H14N4O4. The standard InChI is InChI=1S/C14H14N4O4/c19-5-9-8(20)3-11(22-9)18-4-7-1-2-10(21)17-13-12(7)14(18)16-6-15-13/h1-2,4,6,8-9,11,19-20H,3,5H2,(H,15,16,17,21)/t8-,9+,11+/m0/s1. The highest BCUT2D eigenvalue weighted by atomic mass is 16.5. The average Bonchev–Trinajstić information content (AvgIpc) is 3.01. The van der Waals surface area contributed by atoms with E-state index in [1.54, 1.807) is 10.6 Å². The molecule has 0 spiro atoms. The van der Waals surface area contributed by atoms with E-state index in [0.717, 1.165) is 10.8 Å². The van der Waals surface area contributed by atoms with Crippen LogP contribution in [0.15, 0.2) is 28.1 Å². The second-order valence-corrected chi connectivity index (χ2v) is 5.34. The van der Waals surface area contributed by atoms with E-state index < -0.39 is 18.4 Å². The zero-order chi connectivity index (χ0) is 15.3. The summed E-state index contributed by atoms with van der Waals surface area (Å²) in [6.07, 6.45) is 1.90. The Morgan fingerprint density at radius 2 is 2.32 bits per heavy atom. The number of anilines is 1. The van der Waals surface area contributed by atoms with Crippen molar-refractivity contribution in [3.63, 3.8) is 0 Å². The Balaban J connectivity index is 1.88. The Morgan fingerprint density at radius 3 is 3.09 bits per heavy atom. The molecule has 3 atom stereocenters. The molecule has 2 aromatic heterocycles. The molecule has 2 aliphatic rings. The third kappa shape index (κ3) is 1.92. The minimum absolute atomic E-state index is 0.236. The zero-order valence-electron chi connectivity index (χ0n) is 11.5. The van der Waals surface area contributed by atoms with Crippen molar-refractivity contribution in [3.05, 3.63) is 28.7 Å². The molecular weight excluding hydrogens is 288 g/mol. The van der Waals surface area contributed by atoms with E-state index in [-0.39, 0.29) is 12.2 Å². The lowest BCUT2D eigenvalue weighted by Crippen LogP contribution is -2.24. The molecule has 0 radical (unpaired) electrons. The number of hydrogen-bond acceptors (Lipinski definition) is 7. The number of hydrogen-bond donors (Lipinski definition) is 3. The third-order valence-electron chi connectivity index (χ3n) is 3.98. The first-order chi connectivity index (χ1) is 10.7. The molecule has 3 N–H and O–H groups in total. The van der Waals surface area contributed by atoms with Gasteiger partial charge in [-0.15, -0.1) is 0 Å². The SMILES string of the molecule is O=c1ccc2cn([C@H]3C[C@H](O)[C@@H](CO)O3)c3c2c(n1)NC=N3. The lowest BCUT2D eigenvalue weighted by molar-refractivity contribution is -0.0435. The quantitative estimate of drug-likeness (QED) is 0.727. The first-order valence-corrected chi connectivity index (χ1v) is 6.97. The van der Waals surface area contributed by atoms with E-state index in [9.17, 15) is 15.0 Å². The number of aliphatic hydroxyl groups is 2. The van der Waals surface area contributed by atoms with Crippen molar-refractivity contribution in [2.45, 2.75) is 24.9 Å². The smallest absolute Gasteiger partial charge is 0.271 e. The number of aliphatic hydroxyl groups excluding tert-OH is 2. The fourth-order valence-corrected chi connectivity index (χ4v) is 2.93. The first kappa shape index (κ1) is 13.4. The van der Waals surface area contributed by atoms with Gasteiger partial charge in [-0.1, -0.05) is 0 Å². The van der Waals surface area contributed by atoms with Crippen molar-refractivity contribution in [2.75, 3.05) is 11.9 Å². The molecule has 2 aromatic rings. The summed E-state index contributed by atoms with van der Waals surface area (Å²) in [6, 6.07) is 3.08. The van der Waals surface area contributed by atoms with E-state index in [2.05, 4.69) is 15.3 Å². The Morgan fingerprint density at radius 1 is 1.45 bits per heavy atom. The monoisotopic (exact) mass is 302 g/mol. The molecule has 0 saturated carbocycles. The largest absolute Gasteiger partial charge is 0.394 e. The topological polar surface area (TPSA) is 109 Å². The molecule has 4 rings (SSSR count). The predicted molar refractivity (Wildman–Crippen MR) is 79.4 cm³/mol. The van der Waals surface area contributed by atoms with Gasteiger partial charge in [0.15, 0.2) is 0 Å². The van der Waals surface area contributed by atoms with Crippen molar-refractivity contribution in [3.8, 4) is 0 Å². The van der Waals surface area contributed by atoms with Gasteiger partial charge in [0.1, 0.15) is 24.0 Å². The molecule has 0 aliphatic carbocycles. The van der Waals surface area contributed by atoms with Gasteiger partial charge in [-0.05, 0) is 6.07 Å². The highest BCUT2D eigenvalue weighted by Gasteiger charge is 2.35. The fraction of sp³-hybridized carbons (Fsp3) is 0.357. The van der Waals surface area contributed by atoms with E-state index in [4.69, 9.17) is 4.74 Å². The lowest BCUT2D eigenvalue weighted by atomic mass is 10.2. The van der Waals surface area contributed by atoms with E-state index >= 15 is 0 Å². The minimum Gasteiger partial charge on any atom is -0.394 e. The van der Waals surface area contributed by atoms with E-state index in [0.29, 0.717) is 18.1 Å². The van der Waals surface area contributed by atoms with E-state index in [1.165, 1.54) is 12.4 Å². The molecule has 114 valence electrons. The highest BCUT2D eigenvalue weighted by molar-refractivity contribution is 6.06. The Labute approximate surface area is 124 Å². The maximum atomic E-state index is 11.6. The van der Waals surface area contributed by atoms with Crippen LogP contribution < -0.4 is 10.9 Å². The van der Waals surface area contributed by atoms with Crippen LogP contribution in [0.3, 0.4) is 0 Å². The molecule has 2 aliphatic heterocycles. The maximum Gasteiger partial charge on any atom is 0.271 e. The van der Waals surface area contributed by atoms with Crippen LogP contribution in [-0.4, -0.2) is 44.9 Å². The van der Waals surface area contributed by atoms with Gasteiger partial charge in [0.25, 0.3) is 5.56 Å². The predicted octanol–water partition coefficient (Wildman–Crippen LogP) is 0.122. The Kier molecular flexibility index (Phi) is 2.96. The third-order valence-corrected chi connectivity index (χ3v) is 3.98. The lowest BCUT2D eigenvalue weighted by Gasteiger charge is -2.16. The van der Waals surface area contributed by atoms with Gasteiger partial charge in [-0.25, -0.2) is 4.99 Å². The van der Waals surface area contributed by atoms with Crippen molar-refractivity contribution < 1.29 is 14.9 Å². The summed E-state index contributed by atoms with van der Waals surface area (Å²) in [5.41, 5.74) is -0.334. The Bertz CT molecular complexity index is 831. The summed E-state index contributed by atoms with van der Waals surface area (Å²) >= 11 is 0. The summed E-state index contributed by atoms with van der Waals surface area (Å²) in [7, 11) is 0. The van der Waals surface area contributed by atoms with Crippen LogP contribution in [0.1, 0.15) is 12.6 Å². The number of nitrogens with zero attached hydrogens (tertiary/aromatic N) is 3. The molecule has 0 unspecified atom stereocenters. The molecule has 0 bridgehead atoms. The summed E-state index contributed by atoms with van der Waals surface area (Å²) in [5.74, 6) is 1.06. The van der Waals surface area contributed by atoms with Crippen molar-refractivity contribution in [1.82, 2.24) is 9.55 Å². The van der Waals surface area contributed by atoms with Gasteiger partial charge in [-0.3, -0.25) is 4.79 Å². The minimum atomic E-state index is -0.722. The molecule has 8 nitrogen and oxygen atoms in total. The fourth-order valence-electron chi connectivity index (χ4n) is 2.93. The molecule has 0 amide bonds. The maximum absolute atomic E-state index is 11.6. The van der Waals surface area contributed by atoms with Crippen LogP contribution in [0.2, 0.25) is 0 Å². The number of ether oxygens (including phenoxy) is 1. The second kappa shape index (κ2) is 4.87. The molecule has 8 heteroatoms. The summed E-state index contributed by atoms with van der Waals surface area (Å²) in [4.78, 5) is 19.9. The van der Waals surface area contributed by atoms with Crippen molar-refractivity contribution >= 4 is 28.7 Å². The zero-order valence-corrected chi connectivity index (χ0v) is 11.5. The van der Waals surface area contributed by atoms with Gasteiger partial charge < -0.3 is 24.8 Å². The molecule has 1 fully saturated rings. The van der Waals surface area contributed by atoms with Crippen LogP contribution in [0.25, 0.3) is 10.8 Å². The van der Waals surface area contributed by atoms with E-state index in [1.807, 2.05) is 6.20 Å².